The fourth-order valence-corrected chi connectivity index (χ4v) is 13.7. The number of rotatable bonds is 3. The third-order valence-electron chi connectivity index (χ3n) is 13.8. The number of nitrogens with zero attached hydrogens (tertiary/aromatic N) is 2. The molecule has 3 aromatic heterocycles. The molecule has 62 heavy (non-hydrogen) atoms. The number of para-hydroxylation sites is 1. The minimum Gasteiger partial charge on any atom is -0.367 e. The molecule has 0 aliphatic carbocycles. The Morgan fingerprint density at radius 3 is 1.92 bits per heavy atom. The molecule has 0 saturated carbocycles. The van der Waals surface area contributed by atoms with E-state index in [1.807, 2.05) is 22.7 Å². The quantitative estimate of drug-likeness (QED) is 0.161. The van der Waals surface area contributed by atoms with Crippen molar-refractivity contribution in [3.8, 4) is 33.4 Å². The fourth-order valence-electron chi connectivity index (χ4n) is 11.3. The summed E-state index contributed by atoms with van der Waals surface area (Å²) in [5, 5.41) is 6.75. The van der Waals surface area contributed by atoms with E-state index in [1.54, 1.807) is 0 Å². The topological polar surface area (TPSA) is 8.17 Å². The molecule has 11 aromatic rings. The lowest BCUT2D eigenvalue weighted by molar-refractivity contribution is 0.590. The van der Waals surface area contributed by atoms with Gasteiger partial charge in [0.05, 0.1) is 10.5 Å². The molecule has 8 aromatic carbocycles. The first kappa shape index (κ1) is 36.3. The van der Waals surface area contributed by atoms with E-state index in [4.69, 9.17) is 0 Å². The second kappa shape index (κ2) is 12.8. The fraction of sp³-hybridized carbons (Fsp3) is 0.123. The number of aromatic nitrogens is 1. The van der Waals surface area contributed by atoms with Crippen molar-refractivity contribution >= 4 is 109 Å². The summed E-state index contributed by atoms with van der Waals surface area (Å²) in [4.78, 5) is 4.00. The molecule has 2 aliphatic heterocycles. The molecular weight excluding hydrogens is 788 g/mol. The van der Waals surface area contributed by atoms with Crippen molar-refractivity contribution in [2.75, 3.05) is 4.90 Å². The summed E-state index contributed by atoms with van der Waals surface area (Å²) in [6.07, 6.45) is 0. The highest BCUT2D eigenvalue weighted by atomic mass is 32.1. The summed E-state index contributed by atoms with van der Waals surface area (Å²) in [5.41, 5.74) is 20.7. The van der Waals surface area contributed by atoms with Crippen LogP contribution in [0.15, 0.2) is 152 Å². The van der Waals surface area contributed by atoms with E-state index in [0.29, 0.717) is 0 Å². The molecule has 0 amide bonds. The van der Waals surface area contributed by atoms with Crippen molar-refractivity contribution in [2.24, 2.45) is 0 Å². The average molecular weight is 831 g/mol. The second-order valence-corrected chi connectivity index (χ2v) is 20.8. The first-order chi connectivity index (χ1) is 30.1. The monoisotopic (exact) mass is 830 g/mol. The number of benzene rings is 8. The molecule has 0 N–H and O–H groups in total. The molecule has 2 aliphatic rings. The maximum absolute atomic E-state index is 2.77. The van der Waals surface area contributed by atoms with E-state index >= 15 is 0 Å². The summed E-state index contributed by atoms with van der Waals surface area (Å²) < 4.78 is 6.76. The smallest absolute Gasteiger partial charge is 0.334 e. The van der Waals surface area contributed by atoms with Crippen LogP contribution in [0.3, 0.4) is 0 Å². The molecule has 0 radical (unpaired) electrons. The first-order valence-corrected chi connectivity index (χ1v) is 23.4. The van der Waals surface area contributed by atoms with Gasteiger partial charge in [-0.1, -0.05) is 129 Å². The Balaban J connectivity index is 1.25. The molecular formula is C57H43BN2S2. The molecule has 0 saturated heterocycles. The molecule has 13 rings (SSSR count). The number of hydrogen-bond donors (Lipinski definition) is 0. The van der Waals surface area contributed by atoms with Crippen LogP contribution in [0.1, 0.15) is 43.0 Å². The number of anilines is 3. The minimum absolute atomic E-state index is 0.0204. The molecule has 0 fully saturated rings. The zero-order valence-electron chi connectivity index (χ0n) is 35.7. The summed E-state index contributed by atoms with van der Waals surface area (Å²) in [5.74, 6) is 0. The summed E-state index contributed by atoms with van der Waals surface area (Å²) >= 11 is 3.87. The van der Waals surface area contributed by atoms with Gasteiger partial charge >= 0.3 is 6.85 Å². The SMILES string of the molecule is Cc1cc(C)c(-c2cc3c4c(c2)N(c2ccc(C(C)(C)C)cc2-c2ccccc2)c2ccc5sc6ccccc6c5c2B4n2c4sc5ccccc5c4c4cccc-3c42)c(C)c1. The maximum Gasteiger partial charge on any atom is 0.334 e. The highest BCUT2D eigenvalue weighted by molar-refractivity contribution is 7.27. The Kier molecular flexibility index (Phi) is 7.50. The third-order valence-corrected chi connectivity index (χ3v) is 16.1. The van der Waals surface area contributed by atoms with Gasteiger partial charge in [-0.2, -0.15) is 0 Å². The van der Waals surface area contributed by atoms with E-state index in [2.05, 4.69) is 203 Å². The van der Waals surface area contributed by atoms with Gasteiger partial charge in [0.2, 0.25) is 0 Å². The van der Waals surface area contributed by atoms with Crippen molar-refractivity contribution < 1.29 is 0 Å². The third kappa shape index (κ3) is 4.92. The Morgan fingerprint density at radius 1 is 0.484 bits per heavy atom. The van der Waals surface area contributed by atoms with Crippen LogP contribution in [0.25, 0.3) is 84.8 Å². The highest BCUT2D eigenvalue weighted by Gasteiger charge is 2.45. The van der Waals surface area contributed by atoms with Gasteiger partial charge in [0.1, 0.15) is 0 Å². The predicted molar refractivity (Wildman–Crippen MR) is 272 cm³/mol. The Labute approximate surface area is 370 Å². The standard InChI is InChI=1S/C57H43BN2S2/c1-32-27-33(2)50(34(3)28-32)36-29-43-38-19-14-20-41-51-39-17-10-13-22-48(39)62-56(51)60(55(38)41)58-53(43)46(30-36)59(45-25-26-49-52(54(45)58)40-18-11-12-21-47(40)61-49)44-24-23-37(57(4,5)6)31-42(44)35-15-8-7-9-16-35/h7-31H,1-6H3. The minimum atomic E-state index is -0.0563. The van der Waals surface area contributed by atoms with E-state index < -0.39 is 0 Å². The van der Waals surface area contributed by atoms with E-state index in [1.165, 1.54) is 135 Å². The van der Waals surface area contributed by atoms with Crippen molar-refractivity contribution in [3.05, 3.63) is 174 Å². The molecule has 2 nitrogen and oxygen atoms in total. The molecule has 0 spiro atoms. The van der Waals surface area contributed by atoms with Crippen LogP contribution >= 0.6 is 22.7 Å². The van der Waals surface area contributed by atoms with Crippen LogP contribution in [0.5, 0.6) is 0 Å². The first-order valence-electron chi connectivity index (χ1n) is 21.8. The Morgan fingerprint density at radius 2 is 1.16 bits per heavy atom. The molecule has 0 bridgehead atoms. The maximum atomic E-state index is 2.77. The molecule has 5 heteroatoms. The van der Waals surface area contributed by atoms with Crippen LogP contribution < -0.4 is 15.8 Å². The van der Waals surface area contributed by atoms with Crippen LogP contribution in [-0.4, -0.2) is 11.3 Å². The van der Waals surface area contributed by atoms with Crippen LogP contribution in [0, 0.1) is 20.8 Å². The predicted octanol–water partition coefficient (Wildman–Crippen LogP) is 15.4. The van der Waals surface area contributed by atoms with Crippen molar-refractivity contribution in [2.45, 2.75) is 47.0 Å². The Bertz CT molecular complexity index is 3700. The second-order valence-electron chi connectivity index (χ2n) is 18.6. The van der Waals surface area contributed by atoms with Crippen LogP contribution in [0.2, 0.25) is 0 Å². The van der Waals surface area contributed by atoms with Gasteiger partial charge in [0.15, 0.2) is 0 Å². The van der Waals surface area contributed by atoms with E-state index in [0.717, 1.165) is 0 Å². The number of fused-ring (bicyclic) bond motifs is 13. The van der Waals surface area contributed by atoms with Crippen molar-refractivity contribution in [1.29, 1.82) is 0 Å². The molecule has 0 atom stereocenters. The van der Waals surface area contributed by atoms with E-state index in [9.17, 15) is 0 Å². The van der Waals surface area contributed by atoms with Gasteiger partial charge in [-0.05, 0) is 135 Å². The number of hydrogen-bond acceptors (Lipinski definition) is 3. The zero-order valence-corrected chi connectivity index (χ0v) is 37.4. The zero-order chi connectivity index (χ0) is 41.8. The van der Waals surface area contributed by atoms with Gasteiger partial charge in [0.25, 0.3) is 0 Å². The lowest BCUT2D eigenvalue weighted by atomic mass is 9.44. The lowest BCUT2D eigenvalue weighted by Gasteiger charge is -2.42. The highest BCUT2D eigenvalue weighted by Crippen LogP contribution is 2.52. The van der Waals surface area contributed by atoms with Crippen molar-refractivity contribution in [3.63, 3.8) is 0 Å². The van der Waals surface area contributed by atoms with Gasteiger partial charge in [-0.25, -0.2) is 0 Å². The molecule has 296 valence electrons. The van der Waals surface area contributed by atoms with Gasteiger partial charge in [-0.3, -0.25) is 0 Å². The summed E-state index contributed by atoms with van der Waals surface area (Å²) in [7, 11) is 0. The summed E-state index contributed by atoms with van der Waals surface area (Å²) in [6, 6.07) is 58.1. The van der Waals surface area contributed by atoms with E-state index in [-0.39, 0.29) is 12.3 Å². The van der Waals surface area contributed by atoms with Gasteiger partial charge in [-0.15, -0.1) is 22.7 Å². The van der Waals surface area contributed by atoms with Crippen molar-refractivity contribution in [1.82, 2.24) is 4.48 Å². The Hall–Kier alpha value is -6.40. The van der Waals surface area contributed by atoms with Gasteiger partial charge < -0.3 is 9.38 Å². The largest absolute Gasteiger partial charge is 0.367 e. The molecule has 0 unspecified atom stereocenters. The average Bonchev–Trinajstić information content (AvgIpc) is 3.94. The molecule has 5 heterocycles. The van der Waals surface area contributed by atoms with Crippen LogP contribution in [0.4, 0.5) is 17.1 Å². The number of aryl methyl sites for hydroxylation is 3. The number of thiophene rings is 2. The lowest BCUT2D eigenvalue weighted by Crippen LogP contribution is -2.56. The normalized spacial score (nSPS) is 13.3. The van der Waals surface area contributed by atoms with Gasteiger partial charge in [0, 0.05) is 58.3 Å². The summed E-state index contributed by atoms with van der Waals surface area (Å²) in [6.45, 7) is 13.7. The van der Waals surface area contributed by atoms with Crippen LogP contribution in [-0.2, 0) is 5.41 Å².